The molecule has 180 valence electrons. The van der Waals surface area contributed by atoms with E-state index in [-0.39, 0.29) is 5.41 Å². The highest BCUT2D eigenvalue weighted by molar-refractivity contribution is 7.11. The molecule has 0 spiro atoms. The first kappa shape index (κ1) is 24.9. The molecule has 3 heteroatoms. The van der Waals surface area contributed by atoms with E-state index in [1.165, 1.54) is 47.7 Å². The maximum Gasteiger partial charge on any atom is 0.148 e. The van der Waals surface area contributed by atoms with Crippen LogP contribution in [0.4, 0.5) is 0 Å². The Morgan fingerprint density at radius 2 is 1.06 bits per heavy atom. The highest BCUT2D eigenvalue weighted by atomic mass is 28.3. The van der Waals surface area contributed by atoms with Gasteiger partial charge in [-0.2, -0.15) is 0 Å². The molecule has 0 bridgehead atoms. The Morgan fingerprint density at radius 3 is 1.44 bits per heavy atom. The second kappa shape index (κ2) is 12.0. The zero-order valence-corrected chi connectivity index (χ0v) is 21.9. The molecule has 0 radical (unpaired) electrons. The summed E-state index contributed by atoms with van der Waals surface area (Å²) in [7, 11) is 1.46. The van der Waals surface area contributed by atoms with E-state index in [9.17, 15) is 0 Å². The van der Waals surface area contributed by atoms with E-state index in [1.54, 1.807) is 0 Å². The van der Waals surface area contributed by atoms with Crippen molar-refractivity contribution in [1.82, 2.24) is 0 Å². The quantitative estimate of drug-likeness (QED) is 0.275. The van der Waals surface area contributed by atoms with Crippen LogP contribution in [0.2, 0.25) is 6.04 Å². The van der Waals surface area contributed by atoms with Crippen LogP contribution in [0.15, 0.2) is 91.0 Å². The smallest absolute Gasteiger partial charge is 0.148 e. The summed E-state index contributed by atoms with van der Waals surface area (Å²) in [6, 6.07) is 35.0. The van der Waals surface area contributed by atoms with Gasteiger partial charge >= 0.3 is 0 Å². The fourth-order valence-electron chi connectivity index (χ4n) is 6.45. The predicted molar refractivity (Wildman–Crippen MR) is 146 cm³/mol. The van der Waals surface area contributed by atoms with Crippen molar-refractivity contribution < 1.29 is 9.47 Å². The first-order chi connectivity index (χ1) is 16.7. The molecule has 0 aromatic heterocycles. The van der Waals surface area contributed by atoms with Crippen molar-refractivity contribution in [2.24, 2.45) is 11.3 Å². The molecule has 0 saturated heterocycles. The minimum atomic E-state index is -2.27. The fraction of sp³-hybridized carbons (Fsp3) is 0.419. The Morgan fingerprint density at radius 1 is 0.647 bits per heavy atom. The molecule has 0 amide bonds. The molecule has 3 aromatic carbocycles. The predicted octanol–water partition coefficient (Wildman–Crippen LogP) is 5.41. The molecule has 1 saturated carbocycles. The lowest BCUT2D eigenvalue weighted by Gasteiger charge is -2.44. The van der Waals surface area contributed by atoms with Crippen molar-refractivity contribution in [2.45, 2.75) is 44.6 Å². The van der Waals surface area contributed by atoms with Crippen LogP contribution >= 0.6 is 0 Å². The number of hydrogen-bond donors (Lipinski definition) is 0. The maximum atomic E-state index is 5.93. The van der Waals surface area contributed by atoms with Crippen molar-refractivity contribution in [2.75, 3.05) is 27.4 Å². The van der Waals surface area contributed by atoms with E-state index in [0.717, 1.165) is 25.7 Å². The average molecular weight is 473 g/mol. The van der Waals surface area contributed by atoms with Gasteiger partial charge in [-0.1, -0.05) is 110 Å². The summed E-state index contributed by atoms with van der Waals surface area (Å²) in [4.78, 5) is 0. The third-order valence-corrected chi connectivity index (χ3v) is 13.1. The Hall–Kier alpha value is -2.20. The van der Waals surface area contributed by atoms with E-state index in [1.807, 2.05) is 14.2 Å². The van der Waals surface area contributed by atoms with Crippen LogP contribution in [0.5, 0.6) is 0 Å². The molecule has 4 rings (SSSR count). The van der Waals surface area contributed by atoms with Crippen LogP contribution in [0, 0.1) is 11.3 Å². The number of ether oxygens (including phenoxy) is 2. The highest BCUT2D eigenvalue weighted by Crippen LogP contribution is 2.43. The van der Waals surface area contributed by atoms with Gasteiger partial charge in [0.1, 0.15) is 8.07 Å². The summed E-state index contributed by atoms with van der Waals surface area (Å²) in [5, 5.41) is 4.46. The Balaban J connectivity index is 1.83. The molecule has 2 nitrogen and oxygen atoms in total. The van der Waals surface area contributed by atoms with Crippen LogP contribution < -0.4 is 15.6 Å². The minimum absolute atomic E-state index is 0.0561. The first-order valence-electron chi connectivity index (χ1n) is 12.9. The molecule has 1 aliphatic rings. The monoisotopic (exact) mass is 472 g/mol. The van der Waals surface area contributed by atoms with Gasteiger partial charge in [-0.15, -0.1) is 0 Å². The lowest BCUT2D eigenvalue weighted by molar-refractivity contribution is -0.0433. The lowest BCUT2D eigenvalue weighted by Crippen LogP contribution is -2.67. The van der Waals surface area contributed by atoms with Crippen LogP contribution in [0.1, 0.15) is 38.5 Å². The van der Waals surface area contributed by atoms with Gasteiger partial charge < -0.3 is 9.47 Å². The van der Waals surface area contributed by atoms with E-state index in [2.05, 4.69) is 91.0 Å². The first-order valence-corrected chi connectivity index (χ1v) is 15.1. The third-order valence-electron chi connectivity index (χ3n) is 8.13. The number of benzene rings is 3. The molecule has 1 aliphatic carbocycles. The largest absolute Gasteiger partial charge is 0.384 e. The molecule has 0 N–H and O–H groups in total. The molecule has 0 heterocycles. The molecule has 0 unspecified atom stereocenters. The van der Waals surface area contributed by atoms with Gasteiger partial charge in [0.15, 0.2) is 0 Å². The van der Waals surface area contributed by atoms with Crippen molar-refractivity contribution >= 4 is 23.6 Å². The van der Waals surface area contributed by atoms with E-state index in [4.69, 9.17) is 9.47 Å². The van der Waals surface area contributed by atoms with Crippen molar-refractivity contribution in [3.63, 3.8) is 0 Å². The van der Waals surface area contributed by atoms with Gasteiger partial charge in [0, 0.05) is 19.6 Å². The summed E-state index contributed by atoms with van der Waals surface area (Å²) in [6.07, 6.45) is 7.73. The van der Waals surface area contributed by atoms with Crippen LogP contribution in [0.3, 0.4) is 0 Å². The summed E-state index contributed by atoms with van der Waals surface area (Å²) in [5.41, 5.74) is 0.0561. The zero-order chi connectivity index (χ0) is 23.7. The summed E-state index contributed by atoms with van der Waals surface area (Å²) < 4.78 is 11.9. The van der Waals surface area contributed by atoms with Gasteiger partial charge in [-0.05, 0) is 46.8 Å². The SMILES string of the molecule is COCC(CC[Si](c1ccccc1)(c1ccccc1)c1ccccc1)(COC)C1CCCCC1. The van der Waals surface area contributed by atoms with E-state index < -0.39 is 8.07 Å². The molecule has 1 fully saturated rings. The van der Waals surface area contributed by atoms with Crippen LogP contribution in [0.25, 0.3) is 0 Å². The number of rotatable bonds is 11. The van der Waals surface area contributed by atoms with Crippen molar-refractivity contribution in [1.29, 1.82) is 0 Å². The summed E-state index contributed by atoms with van der Waals surface area (Å²) in [5.74, 6) is 0.662. The van der Waals surface area contributed by atoms with Gasteiger partial charge in [0.2, 0.25) is 0 Å². The average Bonchev–Trinajstić information content (AvgIpc) is 2.91. The van der Waals surface area contributed by atoms with Gasteiger partial charge in [0.25, 0.3) is 0 Å². The number of methoxy groups -OCH3 is 2. The molecule has 0 aliphatic heterocycles. The Kier molecular flexibility index (Phi) is 8.77. The second-order valence-electron chi connectivity index (χ2n) is 10.1. The van der Waals surface area contributed by atoms with Crippen molar-refractivity contribution in [3.05, 3.63) is 91.0 Å². The normalized spacial score (nSPS) is 15.4. The van der Waals surface area contributed by atoms with E-state index >= 15 is 0 Å². The zero-order valence-electron chi connectivity index (χ0n) is 20.9. The topological polar surface area (TPSA) is 18.5 Å². The minimum Gasteiger partial charge on any atom is -0.384 e. The summed E-state index contributed by atoms with van der Waals surface area (Å²) >= 11 is 0. The summed E-state index contributed by atoms with van der Waals surface area (Å²) in [6.45, 7) is 1.54. The standard InChI is InChI=1S/C31H40O2Si/c1-32-25-31(26-33-2,27-15-7-3-8-16-27)23-24-34(28-17-9-4-10-18-28,29-19-11-5-12-20-29)30-21-13-6-14-22-30/h4-6,9-14,17-22,27H,3,7-8,15-16,23-26H2,1-2H3. The lowest BCUT2D eigenvalue weighted by atomic mass is 9.68. The Bertz CT molecular complexity index is 865. The molecule has 3 aromatic rings. The van der Waals surface area contributed by atoms with Crippen LogP contribution in [-0.4, -0.2) is 35.5 Å². The van der Waals surface area contributed by atoms with Gasteiger partial charge in [-0.3, -0.25) is 0 Å². The highest BCUT2D eigenvalue weighted by Gasteiger charge is 2.45. The fourth-order valence-corrected chi connectivity index (χ4v) is 11.5. The van der Waals surface area contributed by atoms with Crippen molar-refractivity contribution in [3.8, 4) is 0 Å². The molecular formula is C31H40O2Si. The second-order valence-corrected chi connectivity index (χ2v) is 14.1. The third kappa shape index (κ3) is 5.22. The molecule has 0 atom stereocenters. The number of hydrogen-bond acceptors (Lipinski definition) is 2. The Labute approximate surface area is 207 Å². The van der Waals surface area contributed by atoms with Gasteiger partial charge in [0.05, 0.1) is 13.2 Å². The maximum absolute atomic E-state index is 5.93. The molecular weight excluding hydrogens is 432 g/mol. The molecule has 34 heavy (non-hydrogen) atoms. The van der Waals surface area contributed by atoms with Gasteiger partial charge in [-0.25, -0.2) is 0 Å². The van der Waals surface area contributed by atoms with E-state index in [0.29, 0.717) is 5.92 Å². The van der Waals surface area contributed by atoms with Crippen LogP contribution in [-0.2, 0) is 9.47 Å².